The Bertz CT molecular complexity index is 1290. The molecule has 1 aromatic heterocycles. The lowest BCUT2D eigenvalue weighted by molar-refractivity contribution is -0.136. The van der Waals surface area contributed by atoms with E-state index in [-0.39, 0.29) is 18.2 Å². The highest BCUT2D eigenvalue weighted by molar-refractivity contribution is 6.06. The number of nitrogens with zero attached hydrogens (tertiary/aromatic N) is 2. The minimum Gasteiger partial charge on any atom is -0.491 e. The van der Waals surface area contributed by atoms with E-state index in [4.69, 9.17) is 10.5 Å². The Balaban J connectivity index is 1.55. The van der Waals surface area contributed by atoms with E-state index >= 15 is 0 Å². The number of ether oxygens (including phenoxy) is 1. The van der Waals surface area contributed by atoms with Crippen molar-refractivity contribution in [3.05, 3.63) is 53.6 Å². The molecule has 2 aliphatic heterocycles. The molecule has 0 radical (unpaired) electrons. The first kappa shape index (κ1) is 20.0. The van der Waals surface area contributed by atoms with E-state index in [1.807, 2.05) is 43.3 Å². The van der Waals surface area contributed by atoms with Crippen LogP contribution in [0.5, 0.6) is 5.75 Å². The fourth-order valence-corrected chi connectivity index (χ4v) is 4.47. The van der Waals surface area contributed by atoms with E-state index in [1.54, 1.807) is 6.07 Å². The Morgan fingerprint density at radius 3 is 2.69 bits per heavy atom. The molecule has 8 heteroatoms. The van der Waals surface area contributed by atoms with Crippen molar-refractivity contribution in [1.29, 1.82) is 0 Å². The topological polar surface area (TPSA) is 115 Å². The molecule has 3 heterocycles. The third-order valence-electron chi connectivity index (χ3n) is 5.98. The average Bonchev–Trinajstić information content (AvgIpc) is 3.11. The van der Waals surface area contributed by atoms with Crippen LogP contribution >= 0.6 is 0 Å². The number of carbonyl (C=O) groups is 3. The van der Waals surface area contributed by atoms with Crippen molar-refractivity contribution in [2.45, 2.75) is 32.4 Å². The SMILES string of the molecule is CCOc1c(-c2ccc3c(c2)CN(C2CCC(=O)NC2=O)C3=O)nc(N)c2ccccc12. The molecule has 1 atom stereocenters. The summed E-state index contributed by atoms with van der Waals surface area (Å²) in [7, 11) is 0. The second-order valence-electron chi connectivity index (χ2n) is 7.93. The van der Waals surface area contributed by atoms with Crippen LogP contribution in [0.1, 0.15) is 35.7 Å². The molecule has 3 aromatic rings. The largest absolute Gasteiger partial charge is 0.491 e. The lowest BCUT2D eigenvalue weighted by Crippen LogP contribution is -2.52. The first-order chi connectivity index (χ1) is 15.5. The number of benzene rings is 2. The minimum absolute atomic E-state index is 0.211. The number of hydrogen-bond acceptors (Lipinski definition) is 6. The number of piperidine rings is 1. The Morgan fingerprint density at radius 2 is 1.94 bits per heavy atom. The molecule has 2 aromatic carbocycles. The van der Waals surface area contributed by atoms with Gasteiger partial charge in [-0.3, -0.25) is 19.7 Å². The van der Waals surface area contributed by atoms with E-state index in [0.29, 0.717) is 42.4 Å². The molecule has 8 nitrogen and oxygen atoms in total. The van der Waals surface area contributed by atoms with Crippen LogP contribution in [0.3, 0.4) is 0 Å². The molecular formula is C24H22N4O4. The van der Waals surface area contributed by atoms with Gasteiger partial charge in [0, 0.05) is 34.9 Å². The molecule has 0 saturated carbocycles. The summed E-state index contributed by atoms with van der Waals surface area (Å²) < 4.78 is 5.96. The number of carbonyl (C=O) groups excluding carboxylic acids is 3. The fourth-order valence-electron chi connectivity index (χ4n) is 4.47. The summed E-state index contributed by atoms with van der Waals surface area (Å²) in [6, 6.07) is 12.5. The summed E-state index contributed by atoms with van der Waals surface area (Å²) in [6.45, 7) is 2.67. The molecule has 0 spiro atoms. The average molecular weight is 430 g/mol. The number of imide groups is 1. The number of nitrogen functional groups attached to an aromatic ring is 1. The Labute approximate surface area is 184 Å². The minimum atomic E-state index is -0.649. The van der Waals surface area contributed by atoms with Crippen LogP contribution in [0.25, 0.3) is 22.0 Å². The lowest BCUT2D eigenvalue weighted by Gasteiger charge is -2.29. The number of pyridine rings is 1. The van der Waals surface area contributed by atoms with Crippen LogP contribution in [0.2, 0.25) is 0 Å². The van der Waals surface area contributed by atoms with Crippen molar-refractivity contribution < 1.29 is 19.1 Å². The molecule has 1 unspecified atom stereocenters. The van der Waals surface area contributed by atoms with Gasteiger partial charge in [0.25, 0.3) is 5.91 Å². The zero-order valence-electron chi connectivity index (χ0n) is 17.6. The zero-order chi connectivity index (χ0) is 22.4. The van der Waals surface area contributed by atoms with Crippen LogP contribution < -0.4 is 15.8 Å². The van der Waals surface area contributed by atoms with Gasteiger partial charge >= 0.3 is 0 Å². The molecule has 3 N–H and O–H groups in total. The zero-order valence-corrected chi connectivity index (χ0v) is 17.6. The van der Waals surface area contributed by atoms with Gasteiger partial charge in [-0.05, 0) is 31.0 Å². The highest BCUT2D eigenvalue weighted by atomic mass is 16.5. The number of nitrogens with two attached hydrogens (primary N) is 1. The summed E-state index contributed by atoms with van der Waals surface area (Å²) in [5.41, 5.74) is 8.97. The quantitative estimate of drug-likeness (QED) is 0.615. The van der Waals surface area contributed by atoms with Gasteiger partial charge in [-0.1, -0.05) is 30.3 Å². The number of nitrogens with one attached hydrogen (secondary N) is 1. The number of aromatic nitrogens is 1. The normalized spacial score (nSPS) is 18.1. The van der Waals surface area contributed by atoms with Gasteiger partial charge in [-0.25, -0.2) is 4.98 Å². The van der Waals surface area contributed by atoms with E-state index in [1.165, 1.54) is 4.90 Å². The van der Waals surface area contributed by atoms with Crippen LogP contribution in [-0.2, 0) is 16.1 Å². The van der Waals surface area contributed by atoms with Crippen LogP contribution in [0.4, 0.5) is 5.82 Å². The van der Waals surface area contributed by atoms with E-state index in [2.05, 4.69) is 10.3 Å². The van der Waals surface area contributed by atoms with E-state index in [0.717, 1.165) is 21.9 Å². The summed E-state index contributed by atoms with van der Waals surface area (Å²) in [5, 5.41) is 4.02. The van der Waals surface area contributed by atoms with Gasteiger partial charge in [-0.2, -0.15) is 0 Å². The second-order valence-corrected chi connectivity index (χ2v) is 7.93. The summed E-state index contributed by atoms with van der Waals surface area (Å²) in [6.07, 6.45) is 0.550. The molecule has 32 heavy (non-hydrogen) atoms. The molecule has 162 valence electrons. The third kappa shape index (κ3) is 3.15. The van der Waals surface area contributed by atoms with Crippen molar-refractivity contribution in [3.63, 3.8) is 0 Å². The van der Waals surface area contributed by atoms with Crippen molar-refractivity contribution in [1.82, 2.24) is 15.2 Å². The van der Waals surface area contributed by atoms with Crippen LogP contribution in [-0.4, -0.2) is 40.3 Å². The van der Waals surface area contributed by atoms with E-state index in [9.17, 15) is 14.4 Å². The van der Waals surface area contributed by atoms with Crippen LogP contribution in [0, 0.1) is 0 Å². The Hall–Kier alpha value is -3.94. The number of fused-ring (bicyclic) bond motifs is 2. The Morgan fingerprint density at radius 1 is 1.16 bits per heavy atom. The van der Waals surface area contributed by atoms with E-state index < -0.39 is 11.9 Å². The smallest absolute Gasteiger partial charge is 0.255 e. The molecule has 3 amide bonds. The van der Waals surface area contributed by atoms with Crippen molar-refractivity contribution in [2.75, 3.05) is 12.3 Å². The maximum absolute atomic E-state index is 13.0. The fraction of sp³-hybridized carbons (Fsp3) is 0.250. The molecule has 5 rings (SSSR count). The van der Waals surface area contributed by atoms with Gasteiger partial charge in [-0.15, -0.1) is 0 Å². The summed E-state index contributed by atoms with van der Waals surface area (Å²) in [4.78, 5) is 42.9. The second kappa shape index (κ2) is 7.64. The van der Waals surface area contributed by atoms with Crippen molar-refractivity contribution in [3.8, 4) is 17.0 Å². The standard InChI is InChI=1S/C24H22N4O4/c1-2-32-21-16-5-3-4-6-17(16)22(25)27-20(21)13-7-8-15-14(11-13)12-28(24(15)31)18-9-10-19(29)26-23(18)30/h3-8,11,18H,2,9-10,12H2,1H3,(H2,25,27)(H,26,29,30). The first-order valence-corrected chi connectivity index (χ1v) is 10.6. The third-order valence-corrected chi connectivity index (χ3v) is 5.98. The summed E-state index contributed by atoms with van der Waals surface area (Å²) in [5.74, 6) is 0.104. The molecule has 0 bridgehead atoms. The van der Waals surface area contributed by atoms with Gasteiger partial charge in [0.2, 0.25) is 11.8 Å². The highest BCUT2D eigenvalue weighted by Crippen LogP contribution is 2.39. The first-order valence-electron chi connectivity index (χ1n) is 10.6. The molecule has 0 aliphatic carbocycles. The maximum atomic E-state index is 13.0. The van der Waals surface area contributed by atoms with Crippen LogP contribution in [0.15, 0.2) is 42.5 Å². The van der Waals surface area contributed by atoms with Gasteiger partial charge in [0.1, 0.15) is 17.6 Å². The lowest BCUT2D eigenvalue weighted by atomic mass is 10.0. The monoisotopic (exact) mass is 430 g/mol. The predicted molar refractivity (Wildman–Crippen MR) is 119 cm³/mol. The summed E-state index contributed by atoms with van der Waals surface area (Å²) >= 11 is 0. The van der Waals surface area contributed by atoms with Gasteiger partial charge in [0.05, 0.1) is 6.61 Å². The molecule has 2 aliphatic rings. The maximum Gasteiger partial charge on any atom is 0.255 e. The number of hydrogen-bond donors (Lipinski definition) is 2. The molecular weight excluding hydrogens is 408 g/mol. The Kier molecular flexibility index (Phi) is 4.77. The van der Waals surface area contributed by atoms with Gasteiger partial charge < -0.3 is 15.4 Å². The van der Waals surface area contributed by atoms with Crippen molar-refractivity contribution in [2.24, 2.45) is 0 Å². The number of amides is 3. The highest BCUT2D eigenvalue weighted by Gasteiger charge is 2.39. The molecule has 1 fully saturated rings. The predicted octanol–water partition coefficient (Wildman–Crippen LogP) is 2.64. The van der Waals surface area contributed by atoms with Gasteiger partial charge in [0.15, 0.2) is 5.75 Å². The number of anilines is 1. The number of rotatable bonds is 4. The van der Waals surface area contributed by atoms with Crippen molar-refractivity contribution >= 4 is 34.3 Å². The molecule has 1 saturated heterocycles.